The van der Waals surface area contributed by atoms with Gasteiger partial charge in [0.15, 0.2) is 6.10 Å². The van der Waals surface area contributed by atoms with Gasteiger partial charge in [-0.1, -0.05) is 24.3 Å². The number of methoxy groups -OCH3 is 1. The Morgan fingerprint density at radius 3 is 2.46 bits per heavy atom. The number of nitro groups is 1. The highest BCUT2D eigenvalue weighted by Crippen LogP contribution is 2.43. The minimum Gasteiger partial charge on any atom is -0.502 e. The van der Waals surface area contributed by atoms with E-state index in [1.807, 2.05) is 0 Å². The Labute approximate surface area is 136 Å². The van der Waals surface area contributed by atoms with E-state index in [4.69, 9.17) is 9.47 Å². The number of ether oxygens (including phenoxy) is 2. The van der Waals surface area contributed by atoms with Crippen molar-refractivity contribution in [3.63, 3.8) is 0 Å². The Balaban J connectivity index is 2.11. The van der Waals surface area contributed by atoms with Gasteiger partial charge in [-0.3, -0.25) is 10.1 Å². The van der Waals surface area contributed by atoms with Gasteiger partial charge in [0, 0.05) is 6.07 Å². The third-order valence-electron chi connectivity index (χ3n) is 3.75. The molecule has 2 aromatic carbocycles. The van der Waals surface area contributed by atoms with E-state index in [0.717, 1.165) is 0 Å². The first-order valence-corrected chi connectivity index (χ1v) is 7.04. The molecule has 1 unspecified atom stereocenters. The first kappa shape index (κ1) is 15.5. The Kier molecular flexibility index (Phi) is 3.91. The number of nitrogens with zero attached hydrogens (tertiary/aromatic N) is 1. The minimum absolute atomic E-state index is 0.184. The van der Waals surface area contributed by atoms with Crippen LogP contribution < -0.4 is 4.74 Å². The van der Waals surface area contributed by atoms with Crippen molar-refractivity contribution >= 4 is 17.2 Å². The van der Waals surface area contributed by atoms with Crippen LogP contribution in [0.15, 0.2) is 54.3 Å². The van der Waals surface area contributed by atoms with Crippen LogP contribution in [0.5, 0.6) is 5.75 Å². The Morgan fingerprint density at radius 2 is 1.83 bits per heavy atom. The van der Waals surface area contributed by atoms with E-state index in [0.29, 0.717) is 11.3 Å². The Hall–Kier alpha value is -3.35. The number of benzene rings is 2. The van der Waals surface area contributed by atoms with Crippen molar-refractivity contribution in [2.75, 3.05) is 7.11 Å². The normalized spacial score (nSPS) is 16.9. The number of aliphatic hydroxyl groups is 1. The van der Waals surface area contributed by atoms with Gasteiger partial charge in [0.2, 0.25) is 5.76 Å². The first-order valence-electron chi connectivity index (χ1n) is 7.04. The topological polar surface area (TPSA) is 98.9 Å². The minimum atomic E-state index is -1.05. The molecule has 0 amide bonds. The fourth-order valence-corrected chi connectivity index (χ4v) is 2.61. The maximum atomic E-state index is 11.8. The average molecular weight is 327 g/mol. The molecule has 3 rings (SSSR count). The van der Waals surface area contributed by atoms with Gasteiger partial charge in [-0.25, -0.2) is 4.79 Å². The van der Waals surface area contributed by atoms with Crippen LogP contribution in [0.1, 0.15) is 17.2 Å². The van der Waals surface area contributed by atoms with Gasteiger partial charge in [-0.05, 0) is 23.8 Å². The van der Waals surface area contributed by atoms with Crippen LogP contribution in [0, 0.1) is 10.1 Å². The van der Waals surface area contributed by atoms with E-state index >= 15 is 0 Å². The number of carbonyl (C=O) groups excluding carboxylic acids is 1. The molecule has 0 saturated heterocycles. The first-order chi connectivity index (χ1) is 11.5. The lowest BCUT2D eigenvalue weighted by Gasteiger charge is -2.14. The van der Waals surface area contributed by atoms with E-state index in [1.165, 1.54) is 25.3 Å². The molecule has 24 heavy (non-hydrogen) atoms. The molecule has 0 spiro atoms. The summed E-state index contributed by atoms with van der Waals surface area (Å²) in [6.07, 6.45) is -1.05. The summed E-state index contributed by atoms with van der Waals surface area (Å²) in [5, 5.41) is 21.3. The zero-order valence-electron chi connectivity index (χ0n) is 12.6. The van der Waals surface area contributed by atoms with E-state index in [9.17, 15) is 20.0 Å². The SMILES string of the molecule is COc1ccc(C2=C(O)C(=O)OC2c2ccccc2[N+](=O)[O-])cc1. The molecule has 1 aliphatic heterocycles. The van der Waals surface area contributed by atoms with Crippen molar-refractivity contribution in [2.24, 2.45) is 0 Å². The number of cyclic esters (lactones) is 1. The van der Waals surface area contributed by atoms with Gasteiger partial charge in [-0.15, -0.1) is 0 Å². The number of aliphatic hydroxyl groups excluding tert-OH is 1. The van der Waals surface area contributed by atoms with Gasteiger partial charge in [0.05, 0.1) is 23.2 Å². The van der Waals surface area contributed by atoms with Crippen LogP contribution in [0.2, 0.25) is 0 Å². The number of rotatable bonds is 4. The van der Waals surface area contributed by atoms with Crippen LogP contribution in [0.25, 0.3) is 5.57 Å². The smallest absolute Gasteiger partial charge is 0.374 e. The standard InChI is InChI=1S/C17H13NO6/c1-23-11-8-6-10(7-9-11)14-15(19)17(20)24-16(14)12-4-2-3-5-13(12)18(21)22/h2-9,16,19H,1H3. The second-order valence-electron chi connectivity index (χ2n) is 5.09. The Morgan fingerprint density at radius 1 is 1.17 bits per heavy atom. The molecule has 0 bridgehead atoms. The number of esters is 1. The maximum absolute atomic E-state index is 11.8. The predicted molar refractivity (Wildman–Crippen MR) is 84.5 cm³/mol. The molecule has 7 heteroatoms. The second-order valence-corrected chi connectivity index (χ2v) is 5.09. The summed E-state index contributed by atoms with van der Waals surface area (Å²) in [6, 6.07) is 12.6. The largest absolute Gasteiger partial charge is 0.502 e. The van der Waals surface area contributed by atoms with Crippen LogP contribution in [0.4, 0.5) is 5.69 Å². The van der Waals surface area contributed by atoms with Crippen molar-refractivity contribution in [3.8, 4) is 5.75 Å². The van der Waals surface area contributed by atoms with Crippen molar-refractivity contribution in [1.29, 1.82) is 0 Å². The molecule has 7 nitrogen and oxygen atoms in total. The molecule has 0 fully saturated rings. The third kappa shape index (κ3) is 2.56. The number of para-hydroxylation sites is 1. The second kappa shape index (κ2) is 6.04. The molecule has 1 heterocycles. The fourth-order valence-electron chi connectivity index (χ4n) is 2.61. The summed E-state index contributed by atoms with van der Waals surface area (Å²) in [4.78, 5) is 22.5. The number of hydrogen-bond acceptors (Lipinski definition) is 6. The van der Waals surface area contributed by atoms with E-state index in [2.05, 4.69) is 0 Å². The molecule has 0 aromatic heterocycles. The Bertz CT molecular complexity index is 840. The van der Waals surface area contributed by atoms with Crippen molar-refractivity contribution < 1.29 is 24.3 Å². The summed E-state index contributed by atoms with van der Waals surface area (Å²) in [5.74, 6) is -0.862. The monoisotopic (exact) mass is 327 g/mol. The molecule has 2 aromatic rings. The summed E-state index contributed by atoms with van der Waals surface area (Å²) in [6.45, 7) is 0. The van der Waals surface area contributed by atoms with Crippen LogP contribution >= 0.6 is 0 Å². The molecule has 0 aliphatic carbocycles. The molecule has 0 saturated carbocycles. The highest BCUT2D eigenvalue weighted by atomic mass is 16.6. The predicted octanol–water partition coefficient (Wildman–Crippen LogP) is 3.17. The lowest BCUT2D eigenvalue weighted by Crippen LogP contribution is -2.06. The van der Waals surface area contributed by atoms with Gasteiger partial charge in [-0.2, -0.15) is 0 Å². The third-order valence-corrected chi connectivity index (χ3v) is 3.75. The van der Waals surface area contributed by atoms with Gasteiger partial charge in [0.1, 0.15) is 5.75 Å². The van der Waals surface area contributed by atoms with Crippen LogP contribution in [-0.4, -0.2) is 23.1 Å². The summed E-state index contributed by atoms with van der Waals surface area (Å²) < 4.78 is 10.3. The zero-order valence-corrected chi connectivity index (χ0v) is 12.6. The summed E-state index contributed by atoms with van der Waals surface area (Å²) in [5.41, 5.74) is 0.723. The summed E-state index contributed by atoms with van der Waals surface area (Å²) >= 11 is 0. The van der Waals surface area contributed by atoms with Gasteiger partial charge in [0.25, 0.3) is 5.69 Å². The van der Waals surface area contributed by atoms with Crippen molar-refractivity contribution in [3.05, 3.63) is 75.5 Å². The van der Waals surface area contributed by atoms with E-state index in [-0.39, 0.29) is 16.8 Å². The maximum Gasteiger partial charge on any atom is 0.374 e. The lowest BCUT2D eigenvalue weighted by molar-refractivity contribution is -0.386. The van der Waals surface area contributed by atoms with Crippen LogP contribution in [-0.2, 0) is 9.53 Å². The highest BCUT2D eigenvalue weighted by molar-refractivity contribution is 6.01. The highest BCUT2D eigenvalue weighted by Gasteiger charge is 2.39. The fraction of sp³-hybridized carbons (Fsp3) is 0.118. The summed E-state index contributed by atoms with van der Waals surface area (Å²) in [7, 11) is 1.52. The number of nitro benzene ring substituents is 1. The van der Waals surface area contributed by atoms with Crippen molar-refractivity contribution in [2.45, 2.75) is 6.10 Å². The number of hydrogen-bond donors (Lipinski definition) is 1. The lowest BCUT2D eigenvalue weighted by atomic mass is 9.94. The quantitative estimate of drug-likeness (QED) is 0.526. The molecular formula is C17H13NO6. The molecule has 0 radical (unpaired) electrons. The molecular weight excluding hydrogens is 314 g/mol. The number of carbonyl (C=O) groups is 1. The zero-order chi connectivity index (χ0) is 17.3. The molecule has 1 aliphatic rings. The molecule has 122 valence electrons. The molecule has 1 atom stereocenters. The van der Waals surface area contributed by atoms with Crippen LogP contribution in [0.3, 0.4) is 0 Å². The van der Waals surface area contributed by atoms with E-state index in [1.54, 1.807) is 30.3 Å². The van der Waals surface area contributed by atoms with Crippen molar-refractivity contribution in [1.82, 2.24) is 0 Å². The van der Waals surface area contributed by atoms with Gasteiger partial charge >= 0.3 is 5.97 Å². The van der Waals surface area contributed by atoms with Gasteiger partial charge < -0.3 is 14.6 Å². The molecule has 1 N–H and O–H groups in total. The average Bonchev–Trinajstić information content (AvgIpc) is 2.90. The van der Waals surface area contributed by atoms with E-state index < -0.39 is 22.8 Å².